The normalized spacial score (nSPS) is 17.8. The van der Waals surface area contributed by atoms with Gasteiger partial charge in [0.25, 0.3) is 8.53 Å². The maximum absolute atomic E-state index is 5.64. The van der Waals surface area contributed by atoms with Crippen LogP contribution in [-0.2, 0) is 18.5 Å². The summed E-state index contributed by atoms with van der Waals surface area (Å²) in [5.74, 6) is 0. The van der Waals surface area contributed by atoms with Crippen molar-refractivity contribution in [2.45, 2.75) is 39.3 Å². The molecular weight excluding hydrogens is 205 g/mol. The van der Waals surface area contributed by atoms with Crippen molar-refractivity contribution in [2.75, 3.05) is 14.2 Å². The zero-order valence-corrected chi connectivity index (χ0v) is 10.1. The molecule has 0 aliphatic carbocycles. The van der Waals surface area contributed by atoms with Gasteiger partial charge in [-0.05, 0) is 12.8 Å². The maximum atomic E-state index is 5.64. The lowest BCUT2D eigenvalue weighted by Crippen LogP contribution is -2.18. The Morgan fingerprint density at radius 3 is 1.57 bits per heavy atom. The highest BCUT2D eigenvalue weighted by Gasteiger charge is 2.16. The molecular formula is C8H20NO4P. The van der Waals surface area contributed by atoms with Gasteiger partial charge in [0, 0.05) is 14.2 Å². The summed E-state index contributed by atoms with van der Waals surface area (Å²) in [7, 11) is 1.72. The molecule has 0 aliphatic rings. The van der Waals surface area contributed by atoms with Crippen molar-refractivity contribution in [1.29, 1.82) is 0 Å². The molecule has 2 atom stereocenters. The summed E-state index contributed by atoms with van der Waals surface area (Å²) >= 11 is 0. The molecule has 0 heterocycles. The quantitative estimate of drug-likeness (QED) is 0.505. The Labute approximate surface area is 86.8 Å². The van der Waals surface area contributed by atoms with Gasteiger partial charge in [-0.1, -0.05) is 13.8 Å². The van der Waals surface area contributed by atoms with Gasteiger partial charge in [-0.2, -0.15) is 0 Å². The number of methoxy groups -OCH3 is 2. The van der Waals surface area contributed by atoms with E-state index in [1.54, 1.807) is 14.2 Å². The number of rotatable bonds is 8. The number of hydrogen-bond donors (Lipinski definition) is 1. The molecule has 14 heavy (non-hydrogen) atoms. The molecule has 5 nitrogen and oxygen atoms in total. The maximum Gasteiger partial charge on any atom is 0.257 e. The molecule has 0 fully saturated rings. The summed E-state index contributed by atoms with van der Waals surface area (Å²) in [4.78, 5) is 0. The smallest absolute Gasteiger partial charge is 0.257 e. The average Bonchev–Trinajstić information content (AvgIpc) is 2.22. The largest absolute Gasteiger partial charge is 0.355 e. The van der Waals surface area contributed by atoms with Gasteiger partial charge in [-0.3, -0.25) is 14.6 Å². The van der Waals surface area contributed by atoms with Crippen LogP contribution >= 0.6 is 8.53 Å². The first-order chi connectivity index (χ1) is 6.67. The van der Waals surface area contributed by atoms with Crippen molar-refractivity contribution in [1.82, 2.24) is 0 Å². The lowest BCUT2D eigenvalue weighted by molar-refractivity contribution is -0.0873. The second-order valence-corrected chi connectivity index (χ2v) is 3.64. The summed E-state index contributed by atoms with van der Waals surface area (Å²) in [5, 5.41) is 0. The van der Waals surface area contributed by atoms with Crippen LogP contribution in [0, 0.1) is 0 Å². The van der Waals surface area contributed by atoms with Crippen molar-refractivity contribution < 1.29 is 18.5 Å². The molecule has 0 spiro atoms. The van der Waals surface area contributed by atoms with E-state index in [9.17, 15) is 0 Å². The van der Waals surface area contributed by atoms with Crippen molar-refractivity contribution in [3.05, 3.63) is 0 Å². The van der Waals surface area contributed by atoms with Crippen LogP contribution in [0.25, 0.3) is 0 Å². The Morgan fingerprint density at radius 2 is 1.36 bits per heavy atom. The molecule has 0 aromatic heterocycles. The summed E-state index contributed by atoms with van der Waals surface area (Å²) in [6, 6.07) is 0. The SMILES string of the molecule is CCC(OC)OP(N)OC(CC)OC. The summed E-state index contributed by atoms with van der Waals surface area (Å²) in [6.45, 7) is 3.90. The second kappa shape index (κ2) is 8.53. The van der Waals surface area contributed by atoms with E-state index in [0.717, 1.165) is 12.8 Å². The first-order valence-corrected chi connectivity index (χ1v) is 5.86. The van der Waals surface area contributed by atoms with Crippen LogP contribution in [0.1, 0.15) is 26.7 Å². The molecule has 0 amide bonds. The summed E-state index contributed by atoms with van der Waals surface area (Å²) in [5.41, 5.74) is 5.64. The molecule has 0 aromatic carbocycles. The van der Waals surface area contributed by atoms with E-state index in [1.807, 2.05) is 13.8 Å². The molecule has 86 valence electrons. The highest BCUT2D eigenvalue weighted by Crippen LogP contribution is 2.33. The molecule has 0 rings (SSSR count). The first kappa shape index (κ1) is 14.2. The van der Waals surface area contributed by atoms with E-state index in [4.69, 9.17) is 24.0 Å². The van der Waals surface area contributed by atoms with Crippen LogP contribution in [0.4, 0.5) is 0 Å². The molecule has 2 unspecified atom stereocenters. The zero-order chi connectivity index (χ0) is 11.0. The van der Waals surface area contributed by atoms with Gasteiger partial charge < -0.3 is 9.47 Å². The van der Waals surface area contributed by atoms with Crippen LogP contribution in [0.15, 0.2) is 0 Å². The minimum Gasteiger partial charge on any atom is -0.355 e. The zero-order valence-electron chi connectivity index (χ0n) is 9.23. The average molecular weight is 225 g/mol. The fraction of sp³-hybridized carbons (Fsp3) is 1.00. The van der Waals surface area contributed by atoms with Gasteiger partial charge in [0.15, 0.2) is 12.6 Å². The van der Waals surface area contributed by atoms with Crippen molar-refractivity contribution in [3.8, 4) is 0 Å². The van der Waals surface area contributed by atoms with E-state index in [1.165, 1.54) is 0 Å². The standard InChI is InChI=1S/C8H20NO4P/c1-5-7(10-3)12-14(9)13-8(6-2)11-4/h7-8H,5-6,9H2,1-4H3. The molecule has 0 radical (unpaired) electrons. The topological polar surface area (TPSA) is 62.9 Å². The Bertz CT molecular complexity index is 117. The lowest BCUT2D eigenvalue weighted by atomic mass is 10.5. The highest BCUT2D eigenvalue weighted by molar-refractivity contribution is 7.44. The fourth-order valence-corrected chi connectivity index (χ4v) is 1.81. The third-order valence-corrected chi connectivity index (χ3v) is 2.52. The lowest BCUT2D eigenvalue weighted by Gasteiger charge is -2.22. The number of nitrogens with two attached hydrogens (primary N) is 1. The number of ether oxygens (including phenoxy) is 2. The van der Waals surface area contributed by atoms with Crippen LogP contribution in [0.2, 0.25) is 0 Å². The van der Waals surface area contributed by atoms with Gasteiger partial charge in [0.2, 0.25) is 0 Å². The summed E-state index contributed by atoms with van der Waals surface area (Å²) in [6.07, 6.45) is 0.861. The Hall–Kier alpha value is 0.230. The minimum absolute atomic E-state index is 0.305. The van der Waals surface area contributed by atoms with Crippen molar-refractivity contribution in [2.24, 2.45) is 5.50 Å². The van der Waals surface area contributed by atoms with Crippen molar-refractivity contribution >= 4 is 8.53 Å². The Morgan fingerprint density at radius 1 is 1.00 bits per heavy atom. The third kappa shape index (κ3) is 5.86. The van der Waals surface area contributed by atoms with Crippen molar-refractivity contribution in [3.63, 3.8) is 0 Å². The van der Waals surface area contributed by atoms with E-state index < -0.39 is 8.53 Å². The predicted octanol–water partition coefficient (Wildman–Crippen LogP) is 1.97. The van der Waals surface area contributed by atoms with Crippen LogP contribution < -0.4 is 5.50 Å². The van der Waals surface area contributed by atoms with Crippen LogP contribution in [-0.4, -0.2) is 26.8 Å². The summed E-state index contributed by atoms with van der Waals surface area (Å²) < 4.78 is 20.6. The van der Waals surface area contributed by atoms with Gasteiger partial charge in [-0.15, -0.1) is 0 Å². The molecule has 0 saturated heterocycles. The first-order valence-electron chi connectivity index (χ1n) is 4.61. The van der Waals surface area contributed by atoms with Gasteiger partial charge in [0.1, 0.15) is 0 Å². The highest BCUT2D eigenvalue weighted by atomic mass is 31.2. The molecule has 0 aromatic rings. The van der Waals surface area contributed by atoms with Gasteiger partial charge in [0.05, 0.1) is 0 Å². The van der Waals surface area contributed by atoms with E-state index in [-0.39, 0.29) is 12.6 Å². The third-order valence-electron chi connectivity index (χ3n) is 1.64. The molecule has 0 bridgehead atoms. The van der Waals surface area contributed by atoms with Gasteiger partial charge >= 0.3 is 0 Å². The molecule has 0 aliphatic heterocycles. The van der Waals surface area contributed by atoms with Crippen LogP contribution in [0.3, 0.4) is 0 Å². The predicted molar refractivity (Wildman–Crippen MR) is 55.5 cm³/mol. The monoisotopic (exact) mass is 225 g/mol. The molecule has 2 N–H and O–H groups in total. The van der Waals surface area contributed by atoms with E-state index in [0.29, 0.717) is 0 Å². The molecule has 0 saturated carbocycles. The van der Waals surface area contributed by atoms with E-state index >= 15 is 0 Å². The fourth-order valence-electron chi connectivity index (χ4n) is 0.825. The Kier molecular flexibility index (Phi) is 8.67. The Balaban J connectivity index is 3.77. The molecule has 6 heteroatoms. The van der Waals surface area contributed by atoms with Gasteiger partial charge in [-0.25, -0.2) is 0 Å². The van der Waals surface area contributed by atoms with E-state index in [2.05, 4.69) is 0 Å². The van der Waals surface area contributed by atoms with Crippen LogP contribution in [0.5, 0.6) is 0 Å². The minimum atomic E-state index is -1.43. The number of hydrogen-bond acceptors (Lipinski definition) is 5. The second-order valence-electron chi connectivity index (χ2n) is 2.64.